The molecule has 0 spiro atoms. The van der Waals surface area contributed by atoms with Crippen LogP contribution in [0.3, 0.4) is 0 Å². The van der Waals surface area contributed by atoms with E-state index in [1.165, 1.54) is 0 Å². The standard InChI is InChI=1S/C15H22N2O3/c1-11(5-4-9-18)16-15(19)17-13-8-10-20-14-7-3-2-6-12(13)14/h2-3,6-7,11,13,18H,4-5,8-10H2,1H3,(H2,16,17,19). The van der Waals surface area contributed by atoms with Gasteiger partial charge >= 0.3 is 6.03 Å². The fourth-order valence-corrected chi connectivity index (χ4v) is 2.39. The first-order valence-corrected chi connectivity index (χ1v) is 7.10. The van der Waals surface area contributed by atoms with Crippen molar-refractivity contribution in [3.05, 3.63) is 29.8 Å². The summed E-state index contributed by atoms with van der Waals surface area (Å²) in [4.78, 5) is 12.0. The molecule has 3 N–H and O–H groups in total. The molecule has 1 aromatic rings. The molecular weight excluding hydrogens is 256 g/mol. The molecule has 1 aromatic carbocycles. The molecule has 20 heavy (non-hydrogen) atoms. The van der Waals surface area contributed by atoms with Gasteiger partial charge in [0.15, 0.2) is 0 Å². The molecule has 2 atom stereocenters. The van der Waals surface area contributed by atoms with Crippen LogP contribution < -0.4 is 15.4 Å². The number of fused-ring (bicyclic) bond motifs is 1. The second-order valence-corrected chi connectivity index (χ2v) is 5.11. The highest BCUT2D eigenvalue weighted by atomic mass is 16.5. The van der Waals surface area contributed by atoms with E-state index in [-0.39, 0.29) is 24.7 Å². The van der Waals surface area contributed by atoms with Crippen LogP contribution >= 0.6 is 0 Å². The molecule has 0 fully saturated rings. The zero-order valence-corrected chi connectivity index (χ0v) is 11.8. The number of nitrogens with one attached hydrogen (secondary N) is 2. The van der Waals surface area contributed by atoms with Gasteiger partial charge in [0.25, 0.3) is 0 Å². The molecule has 0 radical (unpaired) electrons. The van der Waals surface area contributed by atoms with E-state index in [4.69, 9.17) is 9.84 Å². The van der Waals surface area contributed by atoms with Gasteiger partial charge in [-0.1, -0.05) is 18.2 Å². The average molecular weight is 278 g/mol. The Kier molecular flexibility index (Phi) is 5.24. The Bertz CT molecular complexity index is 450. The summed E-state index contributed by atoms with van der Waals surface area (Å²) in [7, 11) is 0. The van der Waals surface area contributed by atoms with Gasteiger partial charge in [-0.25, -0.2) is 4.79 Å². The average Bonchev–Trinajstić information content (AvgIpc) is 2.45. The van der Waals surface area contributed by atoms with Crippen molar-refractivity contribution in [1.29, 1.82) is 0 Å². The van der Waals surface area contributed by atoms with E-state index in [0.717, 1.165) is 24.2 Å². The Morgan fingerprint density at radius 3 is 3.10 bits per heavy atom. The van der Waals surface area contributed by atoms with Gasteiger partial charge in [-0.2, -0.15) is 0 Å². The molecule has 2 unspecified atom stereocenters. The van der Waals surface area contributed by atoms with Crippen LogP contribution in [0.5, 0.6) is 5.75 Å². The third-order valence-electron chi connectivity index (χ3n) is 3.44. The van der Waals surface area contributed by atoms with Crippen molar-refractivity contribution in [3.63, 3.8) is 0 Å². The van der Waals surface area contributed by atoms with Crippen LogP contribution in [0.25, 0.3) is 0 Å². The van der Waals surface area contributed by atoms with Crippen LogP contribution in [0, 0.1) is 0 Å². The lowest BCUT2D eigenvalue weighted by Crippen LogP contribution is -2.43. The van der Waals surface area contributed by atoms with Crippen molar-refractivity contribution in [3.8, 4) is 5.75 Å². The summed E-state index contributed by atoms with van der Waals surface area (Å²) in [5.41, 5.74) is 1.02. The van der Waals surface area contributed by atoms with Gasteiger partial charge in [0.1, 0.15) is 5.75 Å². The van der Waals surface area contributed by atoms with Crippen LogP contribution in [-0.4, -0.2) is 30.4 Å². The third kappa shape index (κ3) is 3.87. The third-order valence-corrected chi connectivity index (χ3v) is 3.44. The highest BCUT2D eigenvalue weighted by molar-refractivity contribution is 5.75. The van der Waals surface area contributed by atoms with E-state index in [9.17, 15) is 4.79 Å². The number of hydrogen-bond donors (Lipinski definition) is 3. The molecule has 110 valence electrons. The van der Waals surface area contributed by atoms with Gasteiger partial charge < -0.3 is 20.5 Å². The largest absolute Gasteiger partial charge is 0.493 e. The number of aliphatic hydroxyl groups is 1. The van der Waals surface area contributed by atoms with Crippen molar-refractivity contribution in [2.45, 2.75) is 38.3 Å². The predicted octanol–water partition coefficient (Wildman–Crippen LogP) is 1.97. The lowest BCUT2D eigenvalue weighted by molar-refractivity contribution is 0.219. The Balaban J connectivity index is 1.89. The molecular formula is C15H22N2O3. The Morgan fingerprint density at radius 2 is 2.30 bits per heavy atom. The number of amides is 2. The summed E-state index contributed by atoms with van der Waals surface area (Å²) >= 11 is 0. The molecule has 5 nitrogen and oxygen atoms in total. The molecule has 0 aromatic heterocycles. The summed E-state index contributed by atoms with van der Waals surface area (Å²) in [6.07, 6.45) is 2.24. The number of urea groups is 1. The van der Waals surface area contributed by atoms with Crippen LogP contribution in [0.15, 0.2) is 24.3 Å². The van der Waals surface area contributed by atoms with E-state index < -0.39 is 0 Å². The molecule has 1 aliphatic rings. The number of carbonyl (C=O) groups is 1. The molecule has 0 bridgehead atoms. The van der Waals surface area contributed by atoms with E-state index in [2.05, 4.69) is 10.6 Å². The number of ether oxygens (including phenoxy) is 1. The zero-order chi connectivity index (χ0) is 14.4. The summed E-state index contributed by atoms with van der Waals surface area (Å²) in [5.74, 6) is 0.845. The quantitative estimate of drug-likeness (QED) is 0.771. The van der Waals surface area contributed by atoms with Crippen molar-refractivity contribution in [2.75, 3.05) is 13.2 Å². The minimum absolute atomic E-state index is 0.00927. The molecule has 1 heterocycles. The highest BCUT2D eigenvalue weighted by Gasteiger charge is 2.22. The molecule has 0 saturated heterocycles. The SMILES string of the molecule is CC(CCCO)NC(=O)NC1CCOc2ccccc21. The summed E-state index contributed by atoms with van der Waals surface area (Å²) in [6, 6.07) is 7.65. The molecule has 0 aliphatic carbocycles. The number of rotatable bonds is 5. The van der Waals surface area contributed by atoms with E-state index in [0.29, 0.717) is 13.0 Å². The van der Waals surface area contributed by atoms with Gasteiger partial charge in [0, 0.05) is 24.6 Å². The van der Waals surface area contributed by atoms with Gasteiger partial charge in [-0.15, -0.1) is 0 Å². The molecule has 0 saturated carbocycles. The Morgan fingerprint density at radius 1 is 1.50 bits per heavy atom. The van der Waals surface area contributed by atoms with Gasteiger partial charge in [0.2, 0.25) is 0 Å². The second kappa shape index (κ2) is 7.14. The minimum atomic E-state index is -0.169. The maximum Gasteiger partial charge on any atom is 0.315 e. The first kappa shape index (κ1) is 14.7. The number of aliphatic hydroxyl groups excluding tert-OH is 1. The van der Waals surface area contributed by atoms with Crippen molar-refractivity contribution >= 4 is 6.03 Å². The fourth-order valence-electron chi connectivity index (χ4n) is 2.39. The molecule has 2 rings (SSSR count). The van der Waals surface area contributed by atoms with E-state index in [1.54, 1.807) is 0 Å². The number of hydrogen-bond acceptors (Lipinski definition) is 3. The predicted molar refractivity (Wildman–Crippen MR) is 76.7 cm³/mol. The number of carbonyl (C=O) groups excluding carboxylic acids is 1. The van der Waals surface area contributed by atoms with Crippen LogP contribution in [0.4, 0.5) is 4.79 Å². The minimum Gasteiger partial charge on any atom is -0.493 e. The second-order valence-electron chi connectivity index (χ2n) is 5.11. The maximum atomic E-state index is 12.0. The topological polar surface area (TPSA) is 70.6 Å². The molecule has 1 aliphatic heterocycles. The summed E-state index contributed by atoms with van der Waals surface area (Å²) in [5, 5.41) is 14.7. The normalized spacial score (nSPS) is 18.6. The van der Waals surface area contributed by atoms with Crippen LogP contribution in [-0.2, 0) is 0 Å². The molecule has 5 heteroatoms. The van der Waals surface area contributed by atoms with Crippen molar-refractivity contribution < 1.29 is 14.6 Å². The lowest BCUT2D eigenvalue weighted by atomic mass is 10.0. The maximum absolute atomic E-state index is 12.0. The highest BCUT2D eigenvalue weighted by Crippen LogP contribution is 2.31. The smallest absolute Gasteiger partial charge is 0.315 e. The number of benzene rings is 1. The van der Waals surface area contributed by atoms with Gasteiger partial charge in [-0.05, 0) is 25.8 Å². The lowest BCUT2D eigenvalue weighted by Gasteiger charge is -2.27. The Hall–Kier alpha value is -1.75. The van der Waals surface area contributed by atoms with Crippen molar-refractivity contribution in [2.24, 2.45) is 0 Å². The fraction of sp³-hybridized carbons (Fsp3) is 0.533. The first-order valence-electron chi connectivity index (χ1n) is 7.10. The van der Waals surface area contributed by atoms with Crippen LogP contribution in [0.1, 0.15) is 37.8 Å². The van der Waals surface area contributed by atoms with Gasteiger partial charge in [0.05, 0.1) is 12.6 Å². The zero-order valence-electron chi connectivity index (χ0n) is 11.8. The first-order chi connectivity index (χ1) is 9.70. The Labute approximate surface area is 119 Å². The van der Waals surface area contributed by atoms with Crippen molar-refractivity contribution in [1.82, 2.24) is 10.6 Å². The van der Waals surface area contributed by atoms with E-state index >= 15 is 0 Å². The number of para-hydroxylation sites is 1. The monoisotopic (exact) mass is 278 g/mol. The van der Waals surface area contributed by atoms with Crippen LogP contribution in [0.2, 0.25) is 0 Å². The summed E-state index contributed by atoms with van der Waals surface area (Å²) in [6.45, 7) is 2.70. The molecule has 2 amide bonds. The van der Waals surface area contributed by atoms with E-state index in [1.807, 2.05) is 31.2 Å². The summed E-state index contributed by atoms with van der Waals surface area (Å²) < 4.78 is 5.57. The van der Waals surface area contributed by atoms with Gasteiger partial charge in [-0.3, -0.25) is 0 Å².